The summed E-state index contributed by atoms with van der Waals surface area (Å²) in [6, 6.07) is 9.86. The minimum Gasteiger partial charge on any atom is -0.497 e. The van der Waals surface area contributed by atoms with Gasteiger partial charge in [-0.1, -0.05) is 32.5 Å². The number of carbonyl (C=O) groups is 1. The average Bonchev–Trinajstić information content (AvgIpc) is 2.95. The van der Waals surface area contributed by atoms with Crippen LogP contribution in [0.4, 0.5) is 0 Å². The van der Waals surface area contributed by atoms with Gasteiger partial charge in [0.2, 0.25) is 0 Å². The van der Waals surface area contributed by atoms with Gasteiger partial charge in [0.05, 0.1) is 18.1 Å². The molecule has 27 heavy (non-hydrogen) atoms. The van der Waals surface area contributed by atoms with Crippen LogP contribution < -0.4 is 4.74 Å². The summed E-state index contributed by atoms with van der Waals surface area (Å²) >= 11 is 1.56. The fraction of sp³-hybridized carbons (Fsp3) is 0.500. The number of carbonyl (C=O) groups excluding carboxylic acids is 1. The van der Waals surface area contributed by atoms with Crippen molar-refractivity contribution in [2.24, 2.45) is 16.7 Å². The largest absolute Gasteiger partial charge is 0.497 e. The van der Waals surface area contributed by atoms with Crippen LogP contribution in [0.5, 0.6) is 5.75 Å². The van der Waals surface area contributed by atoms with E-state index in [0.717, 1.165) is 35.5 Å². The van der Waals surface area contributed by atoms with Gasteiger partial charge < -0.3 is 4.74 Å². The Morgan fingerprint density at radius 2 is 1.85 bits per heavy atom. The van der Waals surface area contributed by atoms with E-state index in [9.17, 15) is 4.79 Å². The number of rotatable bonds is 4. The van der Waals surface area contributed by atoms with Gasteiger partial charge in [0.25, 0.3) is 0 Å². The molecule has 2 saturated carbocycles. The average molecular weight is 383 g/mol. The molecule has 0 radical (unpaired) electrons. The van der Waals surface area contributed by atoms with Crippen LogP contribution in [-0.2, 0) is 4.79 Å². The molecule has 0 aliphatic heterocycles. The first-order chi connectivity index (χ1) is 12.8. The zero-order chi connectivity index (χ0) is 19.4. The van der Waals surface area contributed by atoms with Gasteiger partial charge in [0, 0.05) is 17.2 Å². The summed E-state index contributed by atoms with van der Waals surface area (Å²) < 4.78 is 5.24. The number of ketones is 1. The molecule has 142 valence electrons. The molecule has 2 aromatic rings. The first-order valence-electron chi connectivity index (χ1n) is 9.47. The highest BCUT2D eigenvalue weighted by Crippen LogP contribution is 2.67. The minimum absolute atomic E-state index is 0.00675. The van der Waals surface area contributed by atoms with E-state index in [1.165, 1.54) is 0 Å². The summed E-state index contributed by atoms with van der Waals surface area (Å²) in [5.41, 5.74) is 2.87. The van der Waals surface area contributed by atoms with E-state index in [0.29, 0.717) is 10.9 Å². The molecule has 1 aromatic heterocycles. The quantitative estimate of drug-likeness (QED) is 0.701. The highest BCUT2D eigenvalue weighted by atomic mass is 32.2. The van der Waals surface area contributed by atoms with E-state index in [4.69, 9.17) is 9.72 Å². The van der Waals surface area contributed by atoms with Crippen molar-refractivity contribution in [2.45, 2.75) is 50.9 Å². The van der Waals surface area contributed by atoms with Crippen LogP contribution in [-0.4, -0.2) is 28.1 Å². The summed E-state index contributed by atoms with van der Waals surface area (Å²) in [6.07, 6.45) is 2.12. The molecule has 5 heteroatoms. The predicted molar refractivity (Wildman–Crippen MR) is 108 cm³/mol. The Balaban J connectivity index is 1.65. The molecule has 0 N–H and O–H groups in total. The van der Waals surface area contributed by atoms with Crippen LogP contribution >= 0.6 is 11.8 Å². The molecule has 0 saturated heterocycles. The van der Waals surface area contributed by atoms with Crippen molar-refractivity contribution in [1.29, 1.82) is 0 Å². The van der Waals surface area contributed by atoms with Crippen molar-refractivity contribution < 1.29 is 9.53 Å². The summed E-state index contributed by atoms with van der Waals surface area (Å²) in [5, 5.41) is 0.639. The Morgan fingerprint density at radius 3 is 2.44 bits per heavy atom. The fourth-order valence-electron chi connectivity index (χ4n) is 4.79. The molecular formula is C22H26N2O2S. The number of Topliss-reactive ketones (excluding diaryl/α,β-unsaturated/α-hetero) is 1. The predicted octanol–water partition coefficient (Wildman–Crippen LogP) is 4.95. The first-order valence-corrected chi connectivity index (χ1v) is 10.3. The van der Waals surface area contributed by atoms with E-state index >= 15 is 0 Å². The van der Waals surface area contributed by atoms with Crippen LogP contribution in [0.15, 0.2) is 35.5 Å². The first kappa shape index (κ1) is 18.5. The third-order valence-corrected chi connectivity index (χ3v) is 8.30. The maximum atomic E-state index is 13.0. The van der Waals surface area contributed by atoms with Crippen LogP contribution in [0.1, 0.15) is 39.3 Å². The topological polar surface area (TPSA) is 52.1 Å². The smallest absolute Gasteiger partial charge is 0.189 e. The second-order valence-corrected chi connectivity index (χ2v) is 9.61. The summed E-state index contributed by atoms with van der Waals surface area (Å²) in [6.45, 7) is 8.76. The molecule has 1 heterocycles. The Bertz CT molecular complexity index is 894. The zero-order valence-corrected chi connectivity index (χ0v) is 17.4. The van der Waals surface area contributed by atoms with Crippen LogP contribution in [0.3, 0.4) is 0 Å². The lowest BCUT2D eigenvalue weighted by Gasteiger charge is -2.37. The number of methoxy groups -OCH3 is 1. The normalized spacial score (nSPS) is 28.6. The van der Waals surface area contributed by atoms with Crippen molar-refractivity contribution in [2.75, 3.05) is 7.11 Å². The minimum atomic E-state index is -0.0585. The monoisotopic (exact) mass is 382 g/mol. The number of nitrogens with zero attached hydrogens (tertiary/aromatic N) is 2. The lowest BCUT2D eigenvalue weighted by Crippen LogP contribution is -2.35. The SMILES string of the molecule is COc1ccc(-c2cc(C)nc(S[C@@H]3C(=O)[C@H]4CC[C@]3(C)C4(C)C)n2)cc1. The molecule has 2 fully saturated rings. The molecule has 0 spiro atoms. The van der Waals surface area contributed by atoms with E-state index in [1.807, 2.05) is 37.3 Å². The van der Waals surface area contributed by atoms with Crippen molar-refractivity contribution in [3.05, 3.63) is 36.0 Å². The van der Waals surface area contributed by atoms with Gasteiger partial charge in [0.15, 0.2) is 5.16 Å². The zero-order valence-electron chi connectivity index (χ0n) is 16.6. The van der Waals surface area contributed by atoms with Gasteiger partial charge in [-0.3, -0.25) is 4.79 Å². The van der Waals surface area contributed by atoms with Crippen molar-refractivity contribution in [3.63, 3.8) is 0 Å². The number of aromatic nitrogens is 2. The molecule has 4 nitrogen and oxygen atoms in total. The molecular weight excluding hydrogens is 356 g/mol. The van der Waals surface area contributed by atoms with Crippen LogP contribution in [0.25, 0.3) is 11.3 Å². The number of hydrogen-bond acceptors (Lipinski definition) is 5. The summed E-state index contributed by atoms with van der Waals surface area (Å²) in [5.74, 6) is 1.38. The van der Waals surface area contributed by atoms with E-state index in [1.54, 1.807) is 18.9 Å². The van der Waals surface area contributed by atoms with Crippen molar-refractivity contribution >= 4 is 17.5 Å². The number of ether oxygens (including phenoxy) is 1. The lowest BCUT2D eigenvalue weighted by atomic mass is 9.71. The van der Waals surface area contributed by atoms with Gasteiger partial charge in [-0.05, 0) is 60.9 Å². The van der Waals surface area contributed by atoms with Gasteiger partial charge in [-0.15, -0.1) is 0 Å². The molecule has 2 bridgehead atoms. The lowest BCUT2D eigenvalue weighted by molar-refractivity contribution is -0.122. The second kappa shape index (κ2) is 6.33. The van der Waals surface area contributed by atoms with Gasteiger partial charge in [0.1, 0.15) is 11.5 Å². The van der Waals surface area contributed by atoms with Gasteiger partial charge in [-0.25, -0.2) is 9.97 Å². The Hall–Kier alpha value is -1.88. The highest BCUT2D eigenvalue weighted by molar-refractivity contribution is 8.00. The van der Waals surface area contributed by atoms with Crippen molar-refractivity contribution in [3.8, 4) is 17.0 Å². The van der Waals surface area contributed by atoms with Crippen LogP contribution in [0, 0.1) is 23.7 Å². The molecule has 2 aliphatic carbocycles. The summed E-state index contributed by atoms with van der Waals surface area (Å²) in [4.78, 5) is 22.4. The van der Waals surface area contributed by atoms with Crippen LogP contribution in [0.2, 0.25) is 0 Å². The van der Waals surface area contributed by atoms with E-state index < -0.39 is 0 Å². The molecule has 0 unspecified atom stereocenters. The van der Waals surface area contributed by atoms with E-state index in [-0.39, 0.29) is 22.0 Å². The number of aryl methyl sites for hydroxylation is 1. The van der Waals surface area contributed by atoms with Gasteiger partial charge >= 0.3 is 0 Å². The standard InChI is InChI=1S/C22H26N2O2S/c1-13-12-17(14-6-8-15(26-5)9-7-14)24-20(23-13)27-19-18(25)16-10-11-22(19,4)21(16,2)3/h6-9,12,16,19H,10-11H2,1-5H3/t16-,19-,22+/m1/s1. The maximum Gasteiger partial charge on any atom is 0.189 e. The summed E-state index contributed by atoms with van der Waals surface area (Å²) in [7, 11) is 1.66. The second-order valence-electron chi connectivity index (χ2n) is 8.54. The fourth-order valence-corrected chi connectivity index (χ4v) is 6.31. The van der Waals surface area contributed by atoms with Gasteiger partial charge in [-0.2, -0.15) is 0 Å². The third kappa shape index (κ3) is 2.78. The Morgan fingerprint density at radius 1 is 1.15 bits per heavy atom. The molecule has 3 atom stereocenters. The Kier molecular flexibility index (Phi) is 4.34. The molecule has 2 aliphatic rings. The molecule has 4 rings (SSSR count). The number of hydrogen-bond donors (Lipinski definition) is 0. The number of fused-ring (bicyclic) bond motifs is 2. The molecule has 0 amide bonds. The highest BCUT2D eigenvalue weighted by Gasteiger charge is 2.66. The number of benzene rings is 1. The Labute approximate surface area is 165 Å². The third-order valence-electron chi connectivity index (χ3n) is 6.92. The van der Waals surface area contributed by atoms with Crippen molar-refractivity contribution in [1.82, 2.24) is 9.97 Å². The maximum absolute atomic E-state index is 13.0. The number of thioether (sulfide) groups is 1. The molecule has 1 aromatic carbocycles. The van der Waals surface area contributed by atoms with E-state index in [2.05, 4.69) is 25.8 Å².